The number of hydrogen-bond acceptors (Lipinski definition) is 6. The molecule has 0 aromatic heterocycles. The van der Waals surface area contributed by atoms with Gasteiger partial charge in [0, 0.05) is 16.7 Å². The van der Waals surface area contributed by atoms with Crippen LogP contribution in [0.2, 0.25) is 0 Å². The van der Waals surface area contributed by atoms with Gasteiger partial charge in [0.1, 0.15) is 11.5 Å². The lowest BCUT2D eigenvalue weighted by Gasteiger charge is -2.12. The molecule has 3 aromatic carbocycles. The Morgan fingerprint density at radius 2 is 1.47 bits per heavy atom. The Bertz CT molecular complexity index is 1130. The van der Waals surface area contributed by atoms with Gasteiger partial charge < -0.3 is 14.2 Å². The van der Waals surface area contributed by atoms with Crippen molar-refractivity contribution >= 4 is 17.2 Å². The zero-order chi connectivity index (χ0) is 21.1. The molecule has 6 nitrogen and oxygen atoms in total. The number of methoxy groups -OCH3 is 3. The molecule has 6 heteroatoms. The van der Waals surface area contributed by atoms with Crippen LogP contribution in [-0.2, 0) is 0 Å². The third kappa shape index (κ3) is 3.72. The number of ether oxygens (including phenoxy) is 3. The number of amidine groups is 1. The summed E-state index contributed by atoms with van der Waals surface area (Å²) in [7, 11) is 4.87. The summed E-state index contributed by atoms with van der Waals surface area (Å²) in [6.45, 7) is 2.06. The Morgan fingerprint density at radius 1 is 0.733 bits per heavy atom. The van der Waals surface area contributed by atoms with Gasteiger partial charge in [0.05, 0.1) is 27.0 Å². The molecule has 0 radical (unpaired) electrons. The quantitative estimate of drug-likeness (QED) is 0.686. The van der Waals surface area contributed by atoms with E-state index in [4.69, 9.17) is 24.3 Å². The van der Waals surface area contributed by atoms with Crippen LogP contribution < -0.4 is 19.6 Å². The molecule has 1 aliphatic heterocycles. The van der Waals surface area contributed by atoms with Gasteiger partial charge in [-0.05, 0) is 43.3 Å². The number of aryl methyl sites for hydroxylation is 1. The van der Waals surface area contributed by atoms with E-state index in [9.17, 15) is 0 Å². The minimum atomic E-state index is 0.631. The second kappa shape index (κ2) is 8.29. The fraction of sp³-hybridized carbons (Fsp3) is 0.167. The summed E-state index contributed by atoms with van der Waals surface area (Å²) in [6.07, 6.45) is 0. The van der Waals surface area contributed by atoms with Crippen LogP contribution in [0.15, 0.2) is 70.8 Å². The molecule has 1 heterocycles. The lowest BCUT2D eigenvalue weighted by molar-refractivity contribution is 0.355. The molecular weight excluding hydrogens is 378 g/mol. The molecule has 0 amide bonds. The van der Waals surface area contributed by atoms with Gasteiger partial charge in [-0.25, -0.2) is 4.99 Å². The predicted octanol–water partition coefficient (Wildman–Crippen LogP) is 4.45. The molecular formula is C24H23N3O3. The van der Waals surface area contributed by atoms with Gasteiger partial charge in [-0.2, -0.15) is 5.10 Å². The smallest absolute Gasteiger partial charge is 0.161 e. The first kappa shape index (κ1) is 19.5. The number of hydrogen-bond donors (Lipinski definition) is 1. The molecule has 0 fully saturated rings. The highest BCUT2D eigenvalue weighted by Crippen LogP contribution is 2.33. The van der Waals surface area contributed by atoms with Crippen LogP contribution in [0.3, 0.4) is 0 Å². The number of nitrogens with one attached hydrogen (secondary N) is 1. The maximum atomic E-state index is 5.48. The number of fused-ring (bicyclic) bond motifs is 1. The van der Waals surface area contributed by atoms with E-state index in [0.29, 0.717) is 17.3 Å². The van der Waals surface area contributed by atoms with E-state index >= 15 is 0 Å². The van der Waals surface area contributed by atoms with Crippen molar-refractivity contribution in [1.29, 1.82) is 0 Å². The van der Waals surface area contributed by atoms with Crippen LogP contribution in [0, 0.1) is 6.92 Å². The van der Waals surface area contributed by atoms with Crippen LogP contribution >= 0.6 is 0 Å². The highest BCUT2D eigenvalue weighted by atomic mass is 16.5. The van der Waals surface area contributed by atoms with Gasteiger partial charge >= 0.3 is 0 Å². The first-order chi connectivity index (χ1) is 14.6. The third-order valence-electron chi connectivity index (χ3n) is 4.95. The summed E-state index contributed by atoms with van der Waals surface area (Å²) in [4.78, 5) is 4.85. The summed E-state index contributed by atoms with van der Waals surface area (Å²) in [5.74, 6) is 2.70. The highest BCUT2D eigenvalue weighted by molar-refractivity contribution is 6.18. The number of aliphatic imine (C=N–C) groups is 1. The van der Waals surface area contributed by atoms with Crippen molar-refractivity contribution in [2.24, 2.45) is 10.1 Å². The lowest BCUT2D eigenvalue weighted by Crippen LogP contribution is -2.19. The second-order valence-corrected chi connectivity index (χ2v) is 6.85. The Morgan fingerprint density at radius 3 is 2.17 bits per heavy atom. The minimum absolute atomic E-state index is 0.631. The predicted molar refractivity (Wildman–Crippen MR) is 119 cm³/mol. The number of hydrazone groups is 1. The Kier molecular flexibility index (Phi) is 5.39. The summed E-state index contributed by atoms with van der Waals surface area (Å²) in [6, 6.07) is 19.6. The fourth-order valence-electron chi connectivity index (χ4n) is 3.29. The molecule has 0 bridgehead atoms. The average Bonchev–Trinajstić information content (AvgIpc) is 2.98. The third-order valence-corrected chi connectivity index (χ3v) is 4.95. The zero-order valence-corrected chi connectivity index (χ0v) is 17.4. The molecule has 30 heavy (non-hydrogen) atoms. The van der Waals surface area contributed by atoms with E-state index in [0.717, 1.165) is 33.8 Å². The topological polar surface area (TPSA) is 64.4 Å². The van der Waals surface area contributed by atoms with Crippen LogP contribution in [0.4, 0.5) is 5.69 Å². The number of nitrogens with zero attached hydrogens (tertiary/aromatic N) is 2. The number of rotatable bonds is 5. The summed E-state index contributed by atoms with van der Waals surface area (Å²) in [5.41, 5.74) is 8.54. The molecule has 0 spiro atoms. The van der Waals surface area contributed by atoms with Crippen LogP contribution in [0.1, 0.15) is 22.3 Å². The van der Waals surface area contributed by atoms with Gasteiger partial charge in [0.25, 0.3) is 0 Å². The molecule has 3 aromatic rings. The largest absolute Gasteiger partial charge is 0.497 e. The van der Waals surface area contributed by atoms with Crippen molar-refractivity contribution in [3.8, 4) is 17.2 Å². The first-order valence-corrected chi connectivity index (χ1v) is 9.53. The Labute approximate surface area is 175 Å². The van der Waals surface area contributed by atoms with Crippen molar-refractivity contribution < 1.29 is 14.2 Å². The van der Waals surface area contributed by atoms with E-state index in [1.165, 1.54) is 5.56 Å². The molecule has 152 valence electrons. The molecule has 1 N–H and O–H groups in total. The van der Waals surface area contributed by atoms with Crippen molar-refractivity contribution in [2.45, 2.75) is 6.92 Å². The van der Waals surface area contributed by atoms with Crippen molar-refractivity contribution in [3.63, 3.8) is 0 Å². The second-order valence-electron chi connectivity index (χ2n) is 6.85. The average molecular weight is 401 g/mol. The van der Waals surface area contributed by atoms with Crippen molar-refractivity contribution in [2.75, 3.05) is 21.3 Å². The van der Waals surface area contributed by atoms with Crippen LogP contribution in [0.5, 0.6) is 17.2 Å². The van der Waals surface area contributed by atoms with Crippen LogP contribution in [0.25, 0.3) is 0 Å². The van der Waals surface area contributed by atoms with Gasteiger partial charge in [-0.15, -0.1) is 0 Å². The summed E-state index contributed by atoms with van der Waals surface area (Å²) >= 11 is 0. The standard InChI is InChI=1S/C24H23N3O3/c1-15-5-7-16(8-6-15)24-25-20-11-10-18(28-2)14-19(20)23(26-27-24)17-9-12-21(29-3)22(13-17)30-4/h5-14H,1-4H3,(H,25,27). The minimum Gasteiger partial charge on any atom is -0.497 e. The maximum absolute atomic E-state index is 5.48. The first-order valence-electron chi connectivity index (χ1n) is 9.53. The summed E-state index contributed by atoms with van der Waals surface area (Å²) < 4.78 is 16.3. The lowest BCUT2D eigenvalue weighted by atomic mass is 10.00. The highest BCUT2D eigenvalue weighted by Gasteiger charge is 2.19. The molecule has 0 saturated heterocycles. The van der Waals surface area contributed by atoms with E-state index in [2.05, 4.69) is 24.5 Å². The Hall–Kier alpha value is -3.80. The fourth-order valence-corrected chi connectivity index (χ4v) is 3.29. The van der Waals surface area contributed by atoms with Gasteiger partial charge in [0.15, 0.2) is 17.3 Å². The SMILES string of the molecule is COc1ccc2c(c1)C(c1ccc(OC)c(OC)c1)=NNC(c1ccc(C)cc1)=N2. The monoisotopic (exact) mass is 401 g/mol. The molecule has 4 rings (SSSR count). The Balaban J connectivity index is 1.86. The van der Waals surface area contributed by atoms with Gasteiger partial charge in [-0.3, -0.25) is 5.43 Å². The zero-order valence-electron chi connectivity index (χ0n) is 17.4. The van der Waals surface area contributed by atoms with Crippen molar-refractivity contribution in [3.05, 3.63) is 82.9 Å². The molecule has 0 aliphatic carbocycles. The molecule has 0 atom stereocenters. The van der Waals surface area contributed by atoms with Gasteiger partial charge in [-0.1, -0.05) is 29.8 Å². The molecule has 1 aliphatic rings. The summed E-state index contributed by atoms with van der Waals surface area (Å²) in [5, 5.41) is 4.71. The van der Waals surface area contributed by atoms with Crippen LogP contribution in [-0.4, -0.2) is 32.9 Å². The molecule has 0 saturated carbocycles. The van der Waals surface area contributed by atoms with E-state index < -0.39 is 0 Å². The number of benzene rings is 3. The van der Waals surface area contributed by atoms with E-state index in [1.54, 1.807) is 21.3 Å². The maximum Gasteiger partial charge on any atom is 0.161 e. The van der Waals surface area contributed by atoms with E-state index in [-0.39, 0.29) is 0 Å². The van der Waals surface area contributed by atoms with Gasteiger partial charge in [0.2, 0.25) is 0 Å². The van der Waals surface area contributed by atoms with E-state index in [1.807, 2.05) is 48.5 Å². The van der Waals surface area contributed by atoms with Crippen molar-refractivity contribution in [1.82, 2.24) is 5.43 Å². The molecule has 0 unspecified atom stereocenters. The normalized spacial score (nSPS) is 12.7.